The van der Waals surface area contributed by atoms with Gasteiger partial charge in [-0.2, -0.15) is 0 Å². The topological polar surface area (TPSA) is 6.48 Å². The van der Waals surface area contributed by atoms with Crippen molar-refractivity contribution in [3.05, 3.63) is 0 Å². The van der Waals surface area contributed by atoms with Gasteiger partial charge < -0.3 is 0 Å². The van der Waals surface area contributed by atoms with Crippen molar-refractivity contribution < 1.29 is 0 Å². The van der Waals surface area contributed by atoms with Crippen molar-refractivity contribution in [1.82, 2.24) is 7.96 Å². The van der Waals surface area contributed by atoms with Gasteiger partial charge in [0.1, 0.15) is 0 Å². The third-order valence-electron chi connectivity index (χ3n) is 2.61. The molecule has 91 valence electrons. The van der Waals surface area contributed by atoms with Gasteiger partial charge in [-0.05, 0) is 0 Å². The van der Waals surface area contributed by atoms with Gasteiger partial charge in [-0.3, -0.25) is 0 Å². The molecule has 2 nitrogen and oxygen atoms in total. The maximum absolute atomic E-state index is 2.72. The van der Waals surface area contributed by atoms with Crippen LogP contribution in [-0.4, -0.2) is 62.2 Å². The van der Waals surface area contributed by atoms with Crippen LogP contribution in [0.1, 0.15) is 27.7 Å². The van der Waals surface area contributed by atoms with E-state index in [1.54, 1.807) is 0 Å². The molecule has 0 aliphatic rings. The number of hydrogen-bond acceptors (Lipinski definition) is 2. The summed E-state index contributed by atoms with van der Waals surface area (Å²) in [6, 6.07) is 0. The summed E-state index contributed by atoms with van der Waals surface area (Å²) in [5, 5.41) is 0. The van der Waals surface area contributed by atoms with E-state index in [2.05, 4.69) is 54.6 Å². The molecule has 0 aliphatic heterocycles. The van der Waals surface area contributed by atoms with E-state index in [0.29, 0.717) is 5.41 Å². The predicted octanol–water partition coefficient (Wildman–Crippen LogP) is 2.54. The Hall–Kier alpha value is 0.738. The normalized spacial score (nSPS) is 13.2. The number of hydrogen-bond donors (Lipinski definition) is 0. The fourth-order valence-electron chi connectivity index (χ4n) is 2.33. The summed E-state index contributed by atoms with van der Waals surface area (Å²) >= 11 is -1.14. The van der Waals surface area contributed by atoms with Gasteiger partial charge in [0, 0.05) is 0 Å². The molecule has 0 saturated heterocycles. The first-order valence-corrected chi connectivity index (χ1v) is 11.4. The van der Waals surface area contributed by atoms with Crippen molar-refractivity contribution in [3.8, 4) is 0 Å². The van der Waals surface area contributed by atoms with Gasteiger partial charge in [0.05, 0.1) is 0 Å². The molecule has 0 aliphatic carbocycles. The second-order valence-electron chi connectivity index (χ2n) is 5.36. The van der Waals surface area contributed by atoms with Gasteiger partial charge in [0.15, 0.2) is 0 Å². The van der Waals surface area contributed by atoms with E-state index in [0.717, 1.165) is 0 Å². The molecule has 0 aromatic carbocycles. The number of nitrogens with zero attached hydrogens (tertiary/aromatic N) is 2. The molecule has 0 saturated carbocycles. The van der Waals surface area contributed by atoms with Crippen molar-refractivity contribution in [2.45, 2.75) is 36.9 Å². The molecule has 0 aromatic heterocycles. The molecule has 3 heteroatoms. The van der Waals surface area contributed by atoms with E-state index >= 15 is 0 Å². The SMILES string of the molecule is CC[N](CC)[Sb+]([CH3])[CH2]C(C)(C)CN(C)C. The van der Waals surface area contributed by atoms with E-state index in [1.165, 1.54) is 24.0 Å². The zero-order valence-corrected chi connectivity index (χ0v) is 14.2. The Kier molecular flexibility index (Phi) is 7.49. The zero-order valence-electron chi connectivity index (χ0n) is 11.7. The quantitative estimate of drug-likeness (QED) is 0.665. The molecular weight excluding hydrogens is 294 g/mol. The fraction of sp³-hybridized carbons (Fsp3) is 1.00. The van der Waals surface area contributed by atoms with Gasteiger partial charge >= 0.3 is 105 Å². The summed E-state index contributed by atoms with van der Waals surface area (Å²) in [6.45, 7) is 13.1. The van der Waals surface area contributed by atoms with E-state index in [1.807, 2.05) is 0 Å². The third kappa shape index (κ3) is 6.81. The van der Waals surface area contributed by atoms with Crippen molar-refractivity contribution in [1.29, 1.82) is 0 Å². The molecule has 15 heavy (non-hydrogen) atoms. The van der Waals surface area contributed by atoms with Gasteiger partial charge in [-0.1, -0.05) is 0 Å². The molecule has 0 fully saturated rings. The van der Waals surface area contributed by atoms with Crippen LogP contribution < -0.4 is 0 Å². The summed E-state index contributed by atoms with van der Waals surface area (Å²) in [5.41, 5.74) is 0.490. The van der Waals surface area contributed by atoms with Crippen molar-refractivity contribution in [2.24, 2.45) is 5.41 Å². The molecular formula is C12H29N2Sb+. The van der Waals surface area contributed by atoms with Crippen LogP contribution in [0, 0.1) is 5.41 Å². The van der Waals surface area contributed by atoms with Gasteiger partial charge in [-0.25, -0.2) is 0 Å². The van der Waals surface area contributed by atoms with Crippen LogP contribution in [0.3, 0.4) is 0 Å². The second-order valence-corrected chi connectivity index (χ2v) is 11.6. The molecule has 0 heterocycles. The molecule has 0 N–H and O–H groups in total. The van der Waals surface area contributed by atoms with Gasteiger partial charge in [0.2, 0.25) is 0 Å². The standard InChI is InChI=1S/C7H16N.C4H10N.CH3.Sb/c1-7(2,3)6-8(4)5;1-3-5-4-2;;/h1,6H2,2-5H3;3-4H2,1-2H3;1H3;/q;-1;;+2. The first-order valence-electron chi connectivity index (χ1n) is 5.93. The van der Waals surface area contributed by atoms with E-state index in [4.69, 9.17) is 0 Å². The van der Waals surface area contributed by atoms with Crippen LogP contribution in [0.4, 0.5) is 0 Å². The first-order chi connectivity index (χ1) is 6.82. The van der Waals surface area contributed by atoms with E-state index < -0.39 is 20.5 Å². The first kappa shape index (κ1) is 15.7. The molecule has 0 spiro atoms. The summed E-state index contributed by atoms with van der Waals surface area (Å²) in [4.78, 5) is 4.85. The molecule has 0 bridgehead atoms. The Labute approximate surface area is 104 Å². The minimum atomic E-state index is -1.14. The van der Waals surface area contributed by atoms with E-state index in [-0.39, 0.29) is 0 Å². The van der Waals surface area contributed by atoms with Crippen LogP contribution in [0.5, 0.6) is 0 Å². The van der Waals surface area contributed by atoms with E-state index in [9.17, 15) is 0 Å². The van der Waals surface area contributed by atoms with Crippen LogP contribution in [-0.2, 0) is 0 Å². The van der Waals surface area contributed by atoms with Crippen LogP contribution >= 0.6 is 0 Å². The average Bonchev–Trinajstić information content (AvgIpc) is 2.02. The summed E-state index contributed by atoms with van der Waals surface area (Å²) in [6.07, 6.45) is 0. The molecule has 0 rings (SSSR count). The third-order valence-corrected chi connectivity index (χ3v) is 10.7. The monoisotopic (exact) mass is 322 g/mol. The summed E-state index contributed by atoms with van der Waals surface area (Å²) in [5.74, 6) is 0. The average molecular weight is 323 g/mol. The molecule has 0 atom stereocenters. The van der Waals surface area contributed by atoms with Gasteiger partial charge in [0.25, 0.3) is 0 Å². The number of rotatable bonds is 7. The van der Waals surface area contributed by atoms with Crippen molar-refractivity contribution in [2.75, 3.05) is 33.7 Å². The summed E-state index contributed by atoms with van der Waals surface area (Å²) < 4.78 is 4.18. The second kappa shape index (κ2) is 7.14. The Morgan fingerprint density at radius 2 is 1.53 bits per heavy atom. The van der Waals surface area contributed by atoms with Crippen molar-refractivity contribution >= 4 is 20.5 Å². The minimum absolute atomic E-state index is 0.490. The Morgan fingerprint density at radius 1 is 1.07 bits per heavy atom. The zero-order chi connectivity index (χ0) is 12.1. The van der Waals surface area contributed by atoms with Crippen LogP contribution in [0.25, 0.3) is 0 Å². The molecule has 0 amide bonds. The maximum atomic E-state index is 2.72. The van der Waals surface area contributed by atoms with Crippen LogP contribution in [0.15, 0.2) is 0 Å². The molecule has 0 unspecified atom stereocenters. The summed E-state index contributed by atoms with van der Waals surface area (Å²) in [7, 11) is 4.35. The Morgan fingerprint density at radius 3 is 1.87 bits per heavy atom. The fourth-order valence-corrected chi connectivity index (χ4v) is 9.48. The molecule has 0 aromatic rings. The predicted molar refractivity (Wildman–Crippen MR) is 71.7 cm³/mol. The van der Waals surface area contributed by atoms with Crippen molar-refractivity contribution in [3.63, 3.8) is 0 Å². The Balaban J connectivity index is 4.18. The molecule has 1 radical (unpaired) electrons. The Bertz CT molecular complexity index is 165. The van der Waals surface area contributed by atoms with Crippen LogP contribution in [0.2, 0.25) is 9.24 Å². The van der Waals surface area contributed by atoms with Gasteiger partial charge in [-0.15, -0.1) is 0 Å².